The van der Waals surface area contributed by atoms with Crippen LogP contribution in [0, 0.1) is 0 Å². The average molecular weight is 202 g/mol. The molecule has 0 N–H and O–H groups in total. The van der Waals surface area contributed by atoms with E-state index in [-0.39, 0.29) is 0 Å². The second kappa shape index (κ2) is 2.41. The van der Waals surface area contributed by atoms with Crippen molar-refractivity contribution in [3.8, 4) is 0 Å². The topological polar surface area (TPSA) is 86.7 Å². The summed E-state index contributed by atoms with van der Waals surface area (Å²) in [6, 6.07) is 0. The van der Waals surface area contributed by atoms with Gasteiger partial charge in [0.1, 0.15) is 5.75 Å². The zero-order valence-corrected chi connectivity index (χ0v) is 7.18. The summed E-state index contributed by atoms with van der Waals surface area (Å²) in [7, 11) is -8.28. The molecule has 66 valence electrons. The zero-order valence-electron chi connectivity index (χ0n) is 5.55. The van der Waals surface area contributed by atoms with Gasteiger partial charge in [-0.05, 0) is 6.92 Å². The van der Waals surface area contributed by atoms with Gasteiger partial charge in [-0.1, -0.05) is 0 Å². The molecule has 11 heavy (non-hydrogen) atoms. The third-order valence-corrected chi connectivity index (χ3v) is 3.85. The lowest BCUT2D eigenvalue weighted by Gasteiger charge is -2.17. The van der Waals surface area contributed by atoms with Crippen molar-refractivity contribution in [1.29, 1.82) is 0 Å². The SMILES string of the molecule is CC1CS(=O)(=O)OS(=O)(=O)O1. The first-order chi connectivity index (χ1) is 4.81. The summed E-state index contributed by atoms with van der Waals surface area (Å²) in [5.74, 6) is -0.438. The van der Waals surface area contributed by atoms with Gasteiger partial charge in [-0.3, -0.25) is 0 Å². The molecule has 1 rings (SSSR count). The van der Waals surface area contributed by atoms with E-state index in [0.717, 1.165) is 0 Å². The van der Waals surface area contributed by atoms with E-state index >= 15 is 0 Å². The highest BCUT2D eigenvalue weighted by Crippen LogP contribution is 2.15. The van der Waals surface area contributed by atoms with Gasteiger partial charge in [0.05, 0.1) is 6.10 Å². The van der Waals surface area contributed by atoms with Crippen molar-refractivity contribution in [2.45, 2.75) is 13.0 Å². The summed E-state index contributed by atoms with van der Waals surface area (Å²) in [6.07, 6.45) is -0.876. The van der Waals surface area contributed by atoms with Crippen molar-refractivity contribution >= 4 is 20.5 Å². The fourth-order valence-corrected chi connectivity index (χ4v) is 3.25. The molecule has 1 unspecified atom stereocenters. The van der Waals surface area contributed by atoms with Gasteiger partial charge in [-0.15, -0.1) is 3.63 Å². The predicted molar refractivity (Wildman–Crippen MR) is 34.3 cm³/mol. The largest absolute Gasteiger partial charge is 0.414 e. The summed E-state index contributed by atoms with van der Waals surface area (Å²) in [5.41, 5.74) is 0. The first-order valence-corrected chi connectivity index (χ1v) is 5.59. The normalized spacial score (nSPS) is 34.8. The predicted octanol–water partition coefficient (Wildman–Crippen LogP) is -1.00. The van der Waals surface area contributed by atoms with Gasteiger partial charge in [-0.2, -0.15) is 16.8 Å². The Morgan fingerprint density at radius 1 is 1.27 bits per heavy atom. The summed E-state index contributed by atoms with van der Waals surface area (Å²) in [6.45, 7) is 1.33. The van der Waals surface area contributed by atoms with E-state index in [4.69, 9.17) is 0 Å². The fraction of sp³-hybridized carbons (Fsp3) is 1.00. The van der Waals surface area contributed by atoms with Crippen molar-refractivity contribution < 1.29 is 24.6 Å². The third kappa shape index (κ3) is 2.40. The minimum atomic E-state index is -4.33. The molecule has 1 aliphatic heterocycles. The lowest BCUT2D eigenvalue weighted by atomic mass is 10.5. The van der Waals surface area contributed by atoms with Gasteiger partial charge in [0.15, 0.2) is 0 Å². The van der Waals surface area contributed by atoms with Gasteiger partial charge in [0, 0.05) is 0 Å². The summed E-state index contributed by atoms with van der Waals surface area (Å²) < 4.78 is 49.9. The summed E-state index contributed by atoms with van der Waals surface area (Å²) in [4.78, 5) is 0. The molecule has 1 fully saturated rings. The molecule has 0 aromatic heterocycles. The van der Waals surface area contributed by atoms with Crippen molar-refractivity contribution in [2.24, 2.45) is 0 Å². The van der Waals surface area contributed by atoms with Crippen LogP contribution in [0.4, 0.5) is 0 Å². The number of hydrogen-bond donors (Lipinski definition) is 0. The maximum atomic E-state index is 10.6. The van der Waals surface area contributed by atoms with Gasteiger partial charge in [-0.25, -0.2) is 4.18 Å². The van der Waals surface area contributed by atoms with Gasteiger partial charge >= 0.3 is 10.4 Å². The highest BCUT2D eigenvalue weighted by atomic mass is 32.3. The monoisotopic (exact) mass is 202 g/mol. The summed E-state index contributed by atoms with van der Waals surface area (Å²) >= 11 is 0. The van der Waals surface area contributed by atoms with E-state index in [9.17, 15) is 16.8 Å². The van der Waals surface area contributed by atoms with Crippen molar-refractivity contribution in [1.82, 2.24) is 0 Å². The van der Waals surface area contributed by atoms with Crippen LogP contribution >= 0.6 is 0 Å². The average Bonchev–Trinajstić information content (AvgIpc) is 1.49. The molecule has 8 heteroatoms. The van der Waals surface area contributed by atoms with Crippen molar-refractivity contribution in [2.75, 3.05) is 5.75 Å². The van der Waals surface area contributed by atoms with E-state index in [1.54, 1.807) is 0 Å². The second-order valence-electron chi connectivity index (χ2n) is 2.11. The Morgan fingerprint density at radius 2 is 1.82 bits per heavy atom. The Morgan fingerprint density at radius 3 is 2.18 bits per heavy atom. The van der Waals surface area contributed by atoms with Crippen molar-refractivity contribution in [3.05, 3.63) is 0 Å². The van der Waals surface area contributed by atoms with Crippen LogP contribution in [-0.2, 0) is 28.3 Å². The first-order valence-electron chi connectivity index (χ1n) is 2.68. The fourth-order valence-electron chi connectivity index (χ4n) is 0.687. The van der Waals surface area contributed by atoms with Gasteiger partial charge in [0.25, 0.3) is 10.1 Å². The maximum absolute atomic E-state index is 10.6. The van der Waals surface area contributed by atoms with E-state index in [2.05, 4.69) is 7.81 Å². The molecule has 0 aliphatic carbocycles. The zero-order chi connectivity index (χ0) is 8.70. The standard InChI is InChI=1S/C3H6O6S2/c1-3-2-10(4,5)9-11(6,7)8-3/h3H,2H2,1H3. The molecule has 6 nitrogen and oxygen atoms in total. The first kappa shape index (κ1) is 8.91. The minimum Gasteiger partial charge on any atom is -0.243 e. The lowest BCUT2D eigenvalue weighted by molar-refractivity contribution is 0.201. The van der Waals surface area contributed by atoms with Gasteiger partial charge < -0.3 is 0 Å². The molecule has 0 aromatic carbocycles. The Balaban J connectivity index is 3.02. The van der Waals surface area contributed by atoms with Crippen LogP contribution in [0.1, 0.15) is 6.92 Å². The Bertz CT molecular complexity index is 302. The Labute approximate surface area is 64.6 Å². The molecule has 0 bridgehead atoms. The molecular weight excluding hydrogens is 196 g/mol. The Hall–Kier alpha value is -0.180. The molecule has 0 radical (unpaired) electrons. The Kier molecular flexibility index (Phi) is 1.95. The molecule has 1 saturated heterocycles. The van der Waals surface area contributed by atoms with Crippen LogP contribution in [0.25, 0.3) is 0 Å². The summed E-state index contributed by atoms with van der Waals surface area (Å²) in [5, 5.41) is 0. The van der Waals surface area contributed by atoms with E-state index in [1.807, 2.05) is 0 Å². The van der Waals surface area contributed by atoms with Crippen LogP contribution in [-0.4, -0.2) is 28.7 Å². The maximum Gasteiger partial charge on any atom is 0.414 e. The minimum absolute atomic E-state index is 0.438. The quantitative estimate of drug-likeness (QED) is 0.500. The number of rotatable bonds is 0. The van der Waals surface area contributed by atoms with E-state index < -0.39 is 32.4 Å². The van der Waals surface area contributed by atoms with Crippen LogP contribution in [0.3, 0.4) is 0 Å². The molecule has 1 atom stereocenters. The highest BCUT2D eigenvalue weighted by molar-refractivity contribution is 7.98. The van der Waals surface area contributed by atoms with Crippen molar-refractivity contribution in [3.63, 3.8) is 0 Å². The van der Waals surface area contributed by atoms with Crippen LogP contribution in [0.5, 0.6) is 0 Å². The molecule has 0 aromatic rings. The van der Waals surface area contributed by atoms with Gasteiger partial charge in [0.2, 0.25) is 0 Å². The van der Waals surface area contributed by atoms with E-state index in [1.165, 1.54) is 6.92 Å². The van der Waals surface area contributed by atoms with Crippen LogP contribution in [0.2, 0.25) is 0 Å². The molecule has 1 aliphatic rings. The van der Waals surface area contributed by atoms with Crippen LogP contribution in [0.15, 0.2) is 0 Å². The molecule has 0 saturated carbocycles. The molecule has 0 amide bonds. The molecule has 1 heterocycles. The smallest absolute Gasteiger partial charge is 0.243 e. The second-order valence-corrected chi connectivity index (χ2v) is 5.11. The lowest BCUT2D eigenvalue weighted by Crippen LogP contribution is -2.34. The molecular formula is C3H6O6S2. The van der Waals surface area contributed by atoms with E-state index in [0.29, 0.717) is 0 Å². The number of hydrogen-bond acceptors (Lipinski definition) is 6. The third-order valence-electron chi connectivity index (χ3n) is 0.908. The highest BCUT2D eigenvalue weighted by Gasteiger charge is 2.34. The molecule has 0 spiro atoms. The van der Waals surface area contributed by atoms with Crippen LogP contribution < -0.4 is 0 Å².